The SMILES string of the molecule is Cc1cccc(F)c1C(=O)N1CCCC(C(=O)Nc2cccc(N3CCC(C)(C)C3)c2)[C@@H]1c1ccccc1. The molecule has 0 radical (unpaired) electrons. The molecule has 2 heterocycles. The third kappa shape index (κ3) is 5.31. The summed E-state index contributed by atoms with van der Waals surface area (Å²) in [5.74, 6) is -1.49. The number of hydrogen-bond acceptors (Lipinski definition) is 3. The van der Waals surface area contributed by atoms with Crippen molar-refractivity contribution in [1.82, 2.24) is 4.90 Å². The van der Waals surface area contributed by atoms with Crippen LogP contribution in [0.15, 0.2) is 72.8 Å². The molecule has 5 nitrogen and oxygen atoms in total. The van der Waals surface area contributed by atoms with Gasteiger partial charge in [0, 0.05) is 31.0 Å². The number of nitrogens with zero attached hydrogens (tertiary/aromatic N) is 2. The summed E-state index contributed by atoms with van der Waals surface area (Å²) < 4.78 is 14.8. The van der Waals surface area contributed by atoms with Crippen molar-refractivity contribution in [3.8, 4) is 0 Å². The van der Waals surface area contributed by atoms with Crippen LogP contribution in [0.2, 0.25) is 0 Å². The number of halogens is 1. The van der Waals surface area contributed by atoms with Crippen LogP contribution in [0.25, 0.3) is 0 Å². The summed E-state index contributed by atoms with van der Waals surface area (Å²) in [6.45, 7) is 8.75. The van der Waals surface area contributed by atoms with Crippen LogP contribution in [0.3, 0.4) is 0 Å². The number of aryl methyl sites for hydroxylation is 1. The molecule has 0 saturated carbocycles. The summed E-state index contributed by atoms with van der Waals surface area (Å²) in [5.41, 5.74) is 3.67. The largest absolute Gasteiger partial charge is 0.371 e. The van der Waals surface area contributed by atoms with Crippen LogP contribution in [0.1, 0.15) is 60.6 Å². The van der Waals surface area contributed by atoms with Gasteiger partial charge >= 0.3 is 0 Å². The minimum absolute atomic E-state index is 0.0794. The smallest absolute Gasteiger partial charge is 0.257 e. The maximum Gasteiger partial charge on any atom is 0.257 e. The van der Waals surface area contributed by atoms with Crippen LogP contribution in [-0.4, -0.2) is 36.3 Å². The molecule has 2 atom stereocenters. The molecule has 2 amide bonds. The van der Waals surface area contributed by atoms with Gasteiger partial charge in [-0.05, 0) is 67.0 Å². The second kappa shape index (κ2) is 10.6. The Balaban J connectivity index is 1.43. The molecule has 0 aromatic heterocycles. The lowest BCUT2D eigenvalue weighted by Crippen LogP contribution is -2.46. The number of benzene rings is 3. The highest BCUT2D eigenvalue weighted by Crippen LogP contribution is 2.39. The quantitative estimate of drug-likeness (QED) is 0.418. The summed E-state index contributed by atoms with van der Waals surface area (Å²) in [7, 11) is 0. The number of anilines is 2. The molecule has 2 aliphatic rings. The number of nitrogens with one attached hydrogen (secondary N) is 1. The average molecular weight is 514 g/mol. The van der Waals surface area contributed by atoms with Gasteiger partial charge in [0.15, 0.2) is 0 Å². The summed E-state index contributed by atoms with van der Waals surface area (Å²) in [4.78, 5) is 31.6. The van der Waals surface area contributed by atoms with Crippen LogP contribution >= 0.6 is 0 Å². The number of carbonyl (C=O) groups excluding carboxylic acids is 2. The number of hydrogen-bond donors (Lipinski definition) is 1. The first-order chi connectivity index (χ1) is 18.2. The number of rotatable bonds is 5. The van der Waals surface area contributed by atoms with E-state index >= 15 is 0 Å². The van der Waals surface area contributed by atoms with Crippen molar-refractivity contribution in [3.63, 3.8) is 0 Å². The summed E-state index contributed by atoms with van der Waals surface area (Å²) in [5, 5.41) is 3.14. The third-order valence-corrected chi connectivity index (χ3v) is 7.96. The Kier molecular flexibility index (Phi) is 7.24. The second-order valence-electron chi connectivity index (χ2n) is 11.4. The topological polar surface area (TPSA) is 52.7 Å². The zero-order valence-electron chi connectivity index (χ0n) is 22.4. The van der Waals surface area contributed by atoms with Crippen molar-refractivity contribution < 1.29 is 14.0 Å². The Labute approximate surface area is 224 Å². The monoisotopic (exact) mass is 513 g/mol. The van der Waals surface area contributed by atoms with Crippen molar-refractivity contribution >= 4 is 23.2 Å². The second-order valence-corrected chi connectivity index (χ2v) is 11.4. The van der Waals surface area contributed by atoms with E-state index in [1.165, 1.54) is 6.07 Å². The molecule has 1 N–H and O–H groups in total. The van der Waals surface area contributed by atoms with Crippen molar-refractivity contribution in [2.24, 2.45) is 11.3 Å². The number of amides is 2. The van der Waals surface area contributed by atoms with Crippen LogP contribution in [-0.2, 0) is 4.79 Å². The van der Waals surface area contributed by atoms with Gasteiger partial charge in [-0.2, -0.15) is 0 Å². The summed E-state index contributed by atoms with van der Waals surface area (Å²) in [6, 6.07) is 21.8. The van der Waals surface area contributed by atoms with Crippen LogP contribution in [0.5, 0.6) is 0 Å². The maximum atomic E-state index is 14.8. The Bertz CT molecular complexity index is 1300. The van der Waals surface area contributed by atoms with Gasteiger partial charge in [-0.25, -0.2) is 4.39 Å². The zero-order valence-corrected chi connectivity index (χ0v) is 22.4. The number of piperidine rings is 1. The Morgan fingerprint density at radius 3 is 2.45 bits per heavy atom. The highest BCUT2D eigenvalue weighted by molar-refractivity contribution is 5.98. The molecular formula is C32H36FN3O2. The molecule has 0 spiro atoms. The number of likely N-dealkylation sites (tertiary alicyclic amines) is 1. The molecule has 2 aliphatic heterocycles. The minimum Gasteiger partial charge on any atom is -0.371 e. The predicted molar refractivity (Wildman–Crippen MR) is 150 cm³/mol. The van der Waals surface area contributed by atoms with E-state index < -0.39 is 17.8 Å². The molecular weight excluding hydrogens is 477 g/mol. The molecule has 38 heavy (non-hydrogen) atoms. The molecule has 2 saturated heterocycles. The molecule has 2 fully saturated rings. The van der Waals surface area contributed by atoms with Crippen LogP contribution < -0.4 is 10.2 Å². The Hall–Kier alpha value is -3.67. The molecule has 5 rings (SSSR count). The number of carbonyl (C=O) groups is 2. The fraction of sp³-hybridized carbons (Fsp3) is 0.375. The Morgan fingerprint density at radius 2 is 1.74 bits per heavy atom. The lowest BCUT2D eigenvalue weighted by Gasteiger charge is -2.41. The van der Waals surface area contributed by atoms with Crippen molar-refractivity contribution in [2.75, 3.05) is 29.9 Å². The van der Waals surface area contributed by atoms with E-state index in [0.29, 0.717) is 24.9 Å². The average Bonchev–Trinajstić information content (AvgIpc) is 3.28. The Morgan fingerprint density at radius 1 is 0.974 bits per heavy atom. The van der Waals surface area contributed by atoms with E-state index in [9.17, 15) is 14.0 Å². The first-order valence-corrected chi connectivity index (χ1v) is 13.5. The lowest BCUT2D eigenvalue weighted by atomic mass is 9.83. The van der Waals surface area contributed by atoms with Crippen LogP contribution in [0.4, 0.5) is 15.8 Å². The highest BCUT2D eigenvalue weighted by atomic mass is 19.1. The van der Waals surface area contributed by atoms with Gasteiger partial charge in [0.1, 0.15) is 5.82 Å². The molecule has 198 valence electrons. The standard InChI is InChI=1S/C32H36FN3O2/c1-22-10-7-16-27(33)28(22)31(38)36-18-9-15-26(29(36)23-11-5-4-6-12-23)30(37)34-24-13-8-14-25(20-24)35-19-17-32(2,3)21-35/h4-8,10-14,16,20,26,29H,9,15,17-19,21H2,1-3H3,(H,34,37)/t26?,29-/m0/s1. The normalized spacial score (nSPS) is 20.8. The van der Waals surface area contributed by atoms with E-state index in [-0.39, 0.29) is 22.8 Å². The fourth-order valence-corrected chi connectivity index (χ4v) is 5.96. The first kappa shape index (κ1) is 26.0. The van der Waals surface area contributed by atoms with Gasteiger partial charge in [0.2, 0.25) is 5.91 Å². The maximum absolute atomic E-state index is 14.8. The molecule has 6 heteroatoms. The van der Waals surface area contributed by atoms with Crippen molar-refractivity contribution in [2.45, 2.75) is 46.1 Å². The molecule has 0 bridgehead atoms. The van der Waals surface area contributed by atoms with Crippen molar-refractivity contribution in [1.29, 1.82) is 0 Å². The van der Waals surface area contributed by atoms with E-state index in [1.54, 1.807) is 24.0 Å². The van der Waals surface area contributed by atoms with E-state index in [2.05, 4.69) is 30.1 Å². The van der Waals surface area contributed by atoms with E-state index in [1.807, 2.05) is 48.5 Å². The van der Waals surface area contributed by atoms with Crippen LogP contribution in [0, 0.1) is 24.1 Å². The van der Waals surface area contributed by atoms with Gasteiger partial charge in [-0.1, -0.05) is 62.4 Å². The third-order valence-electron chi connectivity index (χ3n) is 7.96. The molecule has 0 aliphatic carbocycles. The van der Waals surface area contributed by atoms with E-state index in [0.717, 1.165) is 36.4 Å². The van der Waals surface area contributed by atoms with Gasteiger partial charge in [0.05, 0.1) is 17.5 Å². The summed E-state index contributed by atoms with van der Waals surface area (Å²) in [6.07, 6.45) is 2.45. The first-order valence-electron chi connectivity index (χ1n) is 13.5. The molecule has 3 aromatic rings. The van der Waals surface area contributed by atoms with Crippen molar-refractivity contribution in [3.05, 3.63) is 95.3 Å². The van der Waals surface area contributed by atoms with E-state index in [4.69, 9.17) is 0 Å². The van der Waals surface area contributed by atoms with Gasteiger partial charge in [0.25, 0.3) is 5.91 Å². The molecule has 1 unspecified atom stereocenters. The molecule has 3 aromatic carbocycles. The fourth-order valence-electron chi connectivity index (χ4n) is 5.96. The zero-order chi connectivity index (χ0) is 26.9. The minimum atomic E-state index is -0.532. The van der Waals surface area contributed by atoms with Gasteiger partial charge in [-0.15, -0.1) is 0 Å². The lowest BCUT2D eigenvalue weighted by molar-refractivity contribution is -0.123. The van der Waals surface area contributed by atoms with Gasteiger partial charge in [-0.3, -0.25) is 9.59 Å². The summed E-state index contributed by atoms with van der Waals surface area (Å²) >= 11 is 0. The van der Waals surface area contributed by atoms with Gasteiger partial charge < -0.3 is 15.1 Å². The highest BCUT2D eigenvalue weighted by Gasteiger charge is 2.40. The predicted octanol–water partition coefficient (Wildman–Crippen LogP) is 6.60.